The number of aliphatic carboxylic acids is 1. The first-order chi connectivity index (χ1) is 17.4. The molecule has 2 aliphatic heterocycles. The predicted molar refractivity (Wildman–Crippen MR) is 130 cm³/mol. The summed E-state index contributed by atoms with van der Waals surface area (Å²) in [5.74, 6) is -2.73. The van der Waals surface area contributed by atoms with Crippen molar-refractivity contribution in [1.82, 2.24) is 19.4 Å². The molecular formula is C23H35F3N4O6S. The fraction of sp³-hybridized carbons (Fsp3) is 0.652. The van der Waals surface area contributed by atoms with Gasteiger partial charge in [-0.3, -0.25) is 9.69 Å². The molecule has 0 bridgehead atoms. The maximum absolute atomic E-state index is 13.3. The lowest BCUT2D eigenvalue weighted by molar-refractivity contribution is -0.192. The number of aryl methyl sites for hydroxylation is 1. The van der Waals surface area contributed by atoms with Gasteiger partial charge in [-0.2, -0.15) is 17.5 Å². The lowest BCUT2D eigenvalue weighted by Gasteiger charge is -2.30. The molecule has 0 aromatic heterocycles. The standard InChI is InChI=1S/C21H34N4O4S.C2HF3O2/c1-19-3-5-20(6-4-19)30(27,28)25(11-2-10-23-15-17-29-18-16-23)12-7-21(26)24-13-8-22-9-14-24;3-2(4,5)1(6)7/h3-6,22H,2,7-18H2,1H3;(H,6,7). The van der Waals surface area contributed by atoms with Crippen molar-refractivity contribution in [2.45, 2.75) is 30.8 Å². The number of ether oxygens (including phenoxy) is 1. The van der Waals surface area contributed by atoms with E-state index in [1.54, 1.807) is 12.1 Å². The second-order valence-electron chi connectivity index (χ2n) is 8.71. The SMILES string of the molecule is Cc1ccc(S(=O)(=O)N(CCCN2CCOCC2)CCC(=O)N2CCNCC2)cc1.O=C(O)C(F)(F)F. The number of morpholine rings is 1. The number of carboxylic acid groups (broad SMARTS) is 1. The van der Waals surface area contributed by atoms with E-state index < -0.39 is 22.2 Å². The van der Waals surface area contributed by atoms with Crippen LogP contribution >= 0.6 is 0 Å². The molecule has 2 saturated heterocycles. The Morgan fingerprint density at radius 2 is 1.62 bits per heavy atom. The number of hydrogen-bond acceptors (Lipinski definition) is 7. The molecule has 0 unspecified atom stereocenters. The highest BCUT2D eigenvalue weighted by Crippen LogP contribution is 2.18. The average molecular weight is 553 g/mol. The molecule has 2 N–H and O–H groups in total. The summed E-state index contributed by atoms with van der Waals surface area (Å²) in [6.45, 7) is 9.53. The van der Waals surface area contributed by atoms with Gasteiger partial charge >= 0.3 is 12.1 Å². The molecule has 10 nitrogen and oxygen atoms in total. The van der Waals surface area contributed by atoms with Gasteiger partial charge in [0.1, 0.15) is 0 Å². The molecule has 0 aliphatic carbocycles. The Kier molecular flexibility index (Phi) is 12.2. The second-order valence-corrected chi connectivity index (χ2v) is 10.6. The van der Waals surface area contributed by atoms with Gasteiger partial charge in [-0.15, -0.1) is 0 Å². The van der Waals surface area contributed by atoms with Gasteiger partial charge in [-0.25, -0.2) is 13.2 Å². The lowest BCUT2D eigenvalue weighted by atomic mass is 10.2. The summed E-state index contributed by atoms with van der Waals surface area (Å²) in [5, 5.41) is 10.4. The van der Waals surface area contributed by atoms with Crippen LogP contribution < -0.4 is 5.32 Å². The van der Waals surface area contributed by atoms with E-state index >= 15 is 0 Å². The van der Waals surface area contributed by atoms with E-state index in [0.717, 1.165) is 57.9 Å². The van der Waals surface area contributed by atoms with E-state index in [1.165, 1.54) is 4.31 Å². The number of nitrogens with zero attached hydrogens (tertiary/aromatic N) is 3. The van der Waals surface area contributed by atoms with Crippen molar-refractivity contribution in [3.63, 3.8) is 0 Å². The summed E-state index contributed by atoms with van der Waals surface area (Å²) in [6, 6.07) is 6.92. The maximum Gasteiger partial charge on any atom is 0.490 e. The van der Waals surface area contributed by atoms with Crippen LogP contribution in [-0.2, 0) is 24.3 Å². The summed E-state index contributed by atoms with van der Waals surface area (Å²) in [7, 11) is -3.64. The Bertz CT molecular complexity index is 964. The molecule has 1 aromatic rings. The quantitative estimate of drug-likeness (QED) is 0.469. The van der Waals surface area contributed by atoms with Crippen LogP contribution in [0, 0.1) is 6.92 Å². The normalized spacial score (nSPS) is 17.3. The smallest absolute Gasteiger partial charge is 0.475 e. The van der Waals surface area contributed by atoms with Crippen molar-refractivity contribution in [1.29, 1.82) is 0 Å². The zero-order chi connectivity index (χ0) is 27.5. The Morgan fingerprint density at radius 3 is 2.16 bits per heavy atom. The largest absolute Gasteiger partial charge is 0.490 e. The minimum Gasteiger partial charge on any atom is -0.475 e. The van der Waals surface area contributed by atoms with Gasteiger partial charge in [0.05, 0.1) is 18.1 Å². The molecule has 0 radical (unpaired) electrons. The van der Waals surface area contributed by atoms with Gasteiger partial charge in [0, 0.05) is 58.8 Å². The van der Waals surface area contributed by atoms with Gasteiger partial charge in [0.15, 0.2) is 0 Å². The molecule has 37 heavy (non-hydrogen) atoms. The summed E-state index contributed by atoms with van der Waals surface area (Å²) in [6.07, 6.45) is -4.14. The third-order valence-electron chi connectivity index (χ3n) is 5.93. The summed E-state index contributed by atoms with van der Waals surface area (Å²) in [5.41, 5.74) is 1.02. The molecule has 0 saturated carbocycles. The molecule has 14 heteroatoms. The summed E-state index contributed by atoms with van der Waals surface area (Å²) < 4.78 is 65.1. The van der Waals surface area contributed by atoms with E-state index in [0.29, 0.717) is 19.6 Å². The van der Waals surface area contributed by atoms with Crippen molar-refractivity contribution in [2.75, 3.05) is 72.1 Å². The second kappa shape index (κ2) is 14.6. The average Bonchev–Trinajstić information content (AvgIpc) is 2.87. The van der Waals surface area contributed by atoms with Crippen LogP contribution in [-0.4, -0.2) is 118 Å². The van der Waals surface area contributed by atoms with E-state index in [2.05, 4.69) is 10.2 Å². The van der Waals surface area contributed by atoms with Crippen LogP contribution in [0.5, 0.6) is 0 Å². The van der Waals surface area contributed by atoms with Crippen molar-refractivity contribution in [3.8, 4) is 0 Å². The molecule has 2 heterocycles. The van der Waals surface area contributed by atoms with E-state index in [4.69, 9.17) is 14.6 Å². The molecule has 2 fully saturated rings. The third kappa shape index (κ3) is 10.6. The number of carbonyl (C=O) groups excluding carboxylic acids is 1. The third-order valence-corrected chi connectivity index (χ3v) is 7.84. The van der Waals surface area contributed by atoms with Gasteiger partial charge in [-0.05, 0) is 32.0 Å². The molecular weight excluding hydrogens is 517 g/mol. The number of halogens is 3. The Morgan fingerprint density at radius 1 is 1.05 bits per heavy atom. The van der Waals surface area contributed by atoms with Crippen LogP contribution in [0.2, 0.25) is 0 Å². The summed E-state index contributed by atoms with van der Waals surface area (Å²) in [4.78, 5) is 25.9. The van der Waals surface area contributed by atoms with E-state index in [1.807, 2.05) is 24.0 Å². The van der Waals surface area contributed by atoms with E-state index in [9.17, 15) is 26.4 Å². The zero-order valence-electron chi connectivity index (χ0n) is 20.9. The number of benzene rings is 1. The lowest BCUT2D eigenvalue weighted by Crippen LogP contribution is -2.47. The number of amides is 1. The number of sulfonamides is 1. The fourth-order valence-corrected chi connectivity index (χ4v) is 5.28. The molecule has 1 amide bonds. The molecule has 2 aliphatic rings. The monoisotopic (exact) mass is 552 g/mol. The highest BCUT2D eigenvalue weighted by molar-refractivity contribution is 7.89. The molecule has 0 spiro atoms. The number of piperazine rings is 1. The first-order valence-corrected chi connectivity index (χ1v) is 13.5. The van der Waals surface area contributed by atoms with Gasteiger partial charge in [-0.1, -0.05) is 17.7 Å². The van der Waals surface area contributed by atoms with Crippen LogP contribution in [0.3, 0.4) is 0 Å². The van der Waals surface area contributed by atoms with Crippen molar-refractivity contribution < 1.29 is 41.0 Å². The Labute approximate surface area is 215 Å². The first kappa shape index (κ1) is 31.0. The van der Waals surface area contributed by atoms with Crippen molar-refractivity contribution >= 4 is 21.9 Å². The number of hydrogen-bond donors (Lipinski definition) is 2. The molecule has 210 valence electrons. The van der Waals surface area contributed by atoms with E-state index in [-0.39, 0.29) is 23.8 Å². The summed E-state index contributed by atoms with van der Waals surface area (Å²) >= 11 is 0. The van der Waals surface area contributed by atoms with Crippen molar-refractivity contribution in [3.05, 3.63) is 29.8 Å². The minimum absolute atomic E-state index is 0.0220. The number of nitrogens with one attached hydrogen (secondary N) is 1. The number of carbonyl (C=O) groups is 2. The van der Waals surface area contributed by atoms with Gasteiger partial charge in [0.2, 0.25) is 15.9 Å². The number of carboxylic acids is 1. The van der Waals surface area contributed by atoms with Crippen LogP contribution in [0.4, 0.5) is 13.2 Å². The molecule has 0 atom stereocenters. The maximum atomic E-state index is 13.3. The topological polar surface area (TPSA) is 119 Å². The Balaban J connectivity index is 0.000000604. The zero-order valence-corrected chi connectivity index (χ0v) is 21.7. The fourth-order valence-electron chi connectivity index (χ4n) is 3.80. The van der Waals surface area contributed by atoms with Gasteiger partial charge < -0.3 is 20.1 Å². The predicted octanol–water partition coefficient (Wildman–Crippen LogP) is 1.16. The highest BCUT2D eigenvalue weighted by atomic mass is 32.2. The van der Waals surface area contributed by atoms with Crippen LogP contribution in [0.1, 0.15) is 18.4 Å². The van der Waals surface area contributed by atoms with Crippen molar-refractivity contribution in [2.24, 2.45) is 0 Å². The Hall–Kier alpha value is -2.26. The van der Waals surface area contributed by atoms with Crippen LogP contribution in [0.15, 0.2) is 29.2 Å². The number of rotatable bonds is 9. The first-order valence-electron chi connectivity index (χ1n) is 12.1. The molecule has 1 aromatic carbocycles. The number of alkyl halides is 3. The highest BCUT2D eigenvalue weighted by Gasteiger charge is 2.38. The minimum atomic E-state index is -5.08. The van der Waals surface area contributed by atoms with Gasteiger partial charge in [0.25, 0.3) is 0 Å². The van der Waals surface area contributed by atoms with Crippen LogP contribution in [0.25, 0.3) is 0 Å². The molecule has 3 rings (SSSR count).